The zero-order valence-electron chi connectivity index (χ0n) is 11.9. The summed E-state index contributed by atoms with van der Waals surface area (Å²) in [7, 11) is 0. The van der Waals surface area contributed by atoms with Gasteiger partial charge in [0.05, 0.1) is 13.2 Å². The SMILES string of the molecule is CCOCCOC(C)C(=O)NCC1CCCNC1.Cl. The third-order valence-electron chi connectivity index (χ3n) is 3.13. The minimum absolute atomic E-state index is 0. The smallest absolute Gasteiger partial charge is 0.248 e. The number of ether oxygens (including phenoxy) is 2. The van der Waals surface area contributed by atoms with E-state index in [-0.39, 0.29) is 18.3 Å². The quantitative estimate of drug-likeness (QED) is 0.655. The molecule has 5 nitrogen and oxygen atoms in total. The van der Waals surface area contributed by atoms with Gasteiger partial charge in [-0.25, -0.2) is 0 Å². The van der Waals surface area contributed by atoms with Crippen molar-refractivity contribution in [3.05, 3.63) is 0 Å². The molecule has 6 heteroatoms. The summed E-state index contributed by atoms with van der Waals surface area (Å²) in [6.45, 7) is 8.24. The summed E-state index contributed by atoms with van der Waals surface area (Å²) in [6.07, 6.45) is 1.98. The number of carbonyl (C=O) groups excluding carboxylic acids is 1. The number of hydrogen-bond donors (Lipinski definition) is 2. The van der Waals surface area contributed by atoms with Gasteiger partial charge in [0.25, 0.3) is 0 Å². The Kier molecular flexibility index (Phi) is 11.2. The van der Waals surface area contributed by atoms with Crippen molar-refractivity contribution in [2.45, 2.75) is 32.8 Å². The van der Waals surface area contributed by atoms with Crippen molar-refractivity contribution in [2.75, 3.05) is 39.5 Å². The van der Waals surface area contributed by atoms with Crippen LogP contribution in [0.1, 0.15) is 26.7 Å². The summed E-state index contributed by atoms with van der Waals surface area (Å²) in [6, 6.07) is 0. The molecular weight excluding hydrogens is 268 g/mol. The molecule has 2 N–H and O–H groups in total. The molecule has 0 aliphatic carbocycles. The Hall–Kier alpha value is -0.360. The van der Waals surface area contributed by atoms with Crippen LogP contribution in [-0.4, -0.2) is 51.5 Å². The molecule has 1 aliphatic rings. The Morgan fingerprint density at radius 1 is 1.47 bits per heavy atom. The Morgan fingerprint density at radius 3 is 2.89 bits per heavy atom. The highest BCUT2D eigenvalue weighted by molar-refractivity contribution is 5.85. The highest BCUT2D eigenvalue weighted by Crippen LogP contribution is 2.08. The fourth-order valence-electron chi connectivity index (χ4n) is 1.99. The summed E-state index contributed by atoms with van der Waals surface area (Å²) in [4.78, 5) is 11.8. The topological polar surface area (TPSA) is 59.6 Å². The highest BCUT2D eigenvalue weighted by atomic mass is 35.5. The molecule has 1 rings (SSSR count). The van der Waals surface area contributed by atoms with E-state index in [0.29, 0.717) is 25.7 Å². The lowest BCUT2D eigenvalue weighted by molar-refractivity contribution is -0.132. The summed E-state index contributed by atoms with van der Waals surface area (Å²) in [5.41, 5.74) is 0. The highest BCUT2D eigenvalue weighted by Gasteiger charge is 2.17. The number of amides is 1. The average Bonchev–Trinajstić information content (AvgIpc) is 2.42. The van der Waals surface area contributed by atoms with E-state index in [9.17, 15) is 4.79 Å². The summed E-state index contributed by atoms with van der Waals surface area (Å²) in [5, 5.41) is 6.29. The van der Waals surface area contributed by atoms with Gasteiger partial charge in [0.1, 0.15) is 6.10 Å². The minimum Gasteiger partial charge on any atom is -0.379 e. The molecule has 0 aromatic rings. The zero-order valence-corrected chi connectivity index (χ0v) is 12.8. The first-order valence-corrected chi connectivity index (χ1v) is 6.91. The summed E-state index contributed by atoms with van der Waals surface area (Å²) in [5.74, 6) is 0.524. The Morgan fingerprint density at radius 2 is 2.26 bits per heavy atom. The molecule has 0 bridgehead atoms. The molecule has 1 fully saturated rings. The molecule has 2 unspecified atom stereocenters. The van der Waals surface area contributed by atoms with Gasteiger partial charge in [-0.2, -0.15) is 0 Å². The van der Waals surface area contributed by atoms with Crippen LogP contribution in [0.25, 0.3) is 0 Å². The van der Waals surface area contributed by atoms with Gasteiger partial charge in [0, 0.05) is 13.2 Å². The van der Waals surface area contributed by atoms with Crippen molar-refractivity contribution in [1.82, 2.24) is 10.6 Å². The van der Waals surface area contributed by atoms with Crippen molar-refractivity contribution in [3.8, 4) is 0 Å². The number of carbonyl (C=O) groups is 1. The molecule has 0 spiro atoms. The molecule has 1 amide bonds. The van der Waals surface area contributed by atoms with Crippen LogP contribution < -0.4 is 10.6 Å². The van der Waals surface area contributed by atoms with Gasteiger partial charge in [-0.05, 0) is 45.7 Å². The van der Waals surface area contributed by atoms with Crippen molar-refractivity contribution >= 4 is 18.3 Å². The molecule has 0 radical (unpaired) electrons. The van der Waals surface area contributed by atoms with E-state index in [4.69, 9.17) is 9.47 Å². The first kappa shape index (κ1) is 18.6. The molecule has 2 atom stereocenters. The second-order valence-electron chi connectivity index (χ2n) is 4.67. The molecule has 19 heavy (non-hydrogen) atoms. The average molecular weight is 295 g/mol. The van der Waals surface area contributed by atoms with Crippen LogP contribution in [0.2, 0.25) is 0 Å². The predicted octanol–water partition coefficient (Wildman–Crippen LogP) is 0.966. The fourth-order valence-corrected chi connectivity index (χ4v) is 1.99. The fraction of sp³-hybridized carbons (Fsp3) is 0.923. The summed E-state index contributed by atoms with van der Waals surface area (Å²) < 4.78 is 10.5. The third-order valence-corrected chi connectivity index (χ3v) is 3.13. The van der Waals surface area contributed by atoms with E-state index in [1.54, 1.807) is 6.92 Å². The van der Waals surface area contributed by atoms with Crippen molar-refractivity contribution in [3.63, 3.8) is 0 Å². The maximum atomic E-state index is 11.8. The van der Waals surface area contributed by atoms with E-state index in [1.807, 2.05) is 6.92 Å². The molecular formula is C13H27ClN2O3. The predicted molar refractivity (Wildman–Crippen MR) is 77.8 cm³/mol. The van der Waals surface area contributed by atoms with Crippen LogP contribution in [0.3, 0.4) is 0 Å². The lowest BCUT2D eigenvalue weighted by Gasteiger charge is -2.23. The number of piperidine rings is 1. The van der Waals surface area contributed by atoms with Crippen LogP contribution in [0.15, 0.2) is 0 Å². The van der Waals surface area contributed by atoms with Crippen molar-refractivity contribution in [1.29, 1.82) is 0 Å². The number of nitrogens with one attached hydrogen (secondary N) is 2. The van der Waals surface area contributed by atoms with Crippen molar-refractivity contribution < 1.29 is 14.3 Å². The van der Waals surface area contributed by atoms with Crippen LogP contribution >= 0.6 is 12.4 Å². The lowest BCUT2D eigenvalue weighted by Crippen LogP contribution is -2.41. The van der Waals surface area contributed by atoms with Crippen LogP contribution in [0.5, 0.6) is 0 Å². The van der Waals surface area contributed by atoms with Gasteiger partial charge in [0.15, 0.2) is 0 Å². The van der Waals surface area contributed by atoms with E-state index in [2.05, 4.69) is 10.6 Å². The molecule has 114 valence electrons. The molecule has 0 aromatic heterocycles. The van der Waals surface area contributed by atoms with Crippen molar-refractivity contribution in [2.24, 2.45) is 5.92 Å². The minimum atomic E-state index is -0.401. The third kappa shape index (κ3) is 8.42. The Balaban J connectivity index is 0.00000324. The summed E-state index contributed by atoms with van der Waals surface area (Å²) >= 11 is 0. The maximum absolute atomic E-state index is 11.8. The van der Waals surface area contributed by atoms with Gasteiger partial charge >= 0.3 is 0 Å². The van der Waals surface area contributed by atoms with Gasteiger partial charge in [0.2, 0.25) is 5.91 Å². The number of hydrogen-bond acceptors (Lipinski definition) is 4. The lowest BCUT2D eigenvalue weighted by atomic mass is 10.00. The Labute approximate surface area is 122 Å². The van der Waals surface area contributed by atoms with E-state index < -0.39 is 6.10 Å². The van der Waals surface area contributed by atoms with Crippen LogP contribution in [0, 0.1) is 5.92 Å². The number of halogens is 1. The zero-order chi connectivity index (χ0) is 13.2. The van der Waals surface area contributed by atoms with Crippen LogP contribution in [-0.2, 0) is 14.3 Å². The molecule has 1 saturated heterocycles. The van der Waals surface area contributed by atoms with E-state index in [0.717, 1.165) is 19.6 Å². The first-order chi connectivity index (χ1) is 8.74. The van der Waals surface area contributed by atoms with E-state index >= 15 is 0 Å². The Bertz CT molecular complexity index is 236. The van der Waals surface area contributed by atoms with Gasteiger partial charge < -0.3 is 20.1 Å². The second kappa shape index (κ2) is 11.5. The monoisotopic (exact) mass is 294 g/mol. The molecule has 0 saturated carbocycles. The van der Waals surface area contributed by atoms with Gasteiger partial charge in [-0.3, -0.25) is 4.79 Å². The first-order valence-electron chi connectivity index (χ1n) is 6.91. The molecule has 1 aliphatic heterocycles. The second-order valence-corrected chi connectivity index (χ2v) is 4.67. The van der Waals surface area contributed by atoms with Crippen LogP contribution in [0.4, 0.5) is 0 Å². The molecule has 0 aromatic carbocycles. The van der Waals surface area contributed by atoms with Gasteiger partial charge in [-0.1, -0.05) is 0 Å². The maximum Gasteiger partial charge on any atom is 0.248 e. The standard InChI is InChI=1S/C13H26N2O3.ClH/c1-3-17-7-8-18-11(2)13(16)15-10-12-5-4-6-14-9-12;/h11-12,14H,3-10H2,1-2H3,(H,15,16);1H. The molecule has 1 heterocycles. The van der Waals surface area contributed by atoms with E-state index in [1.165, 1.54) is 12.8 Å². The van der Waals surface area contributed by atoms with Gasteiger partial charge in [-0.15, -0.1) is 12.4 Å². The normalized spacial score (nSPS) is 20.4. The largest absolute Gasteiger partial charge is 0.379 e. The number of rotatable bonds is 8.